The molecule has 1 aromatic rings. The quantitative estimate of drug-likeness (QED) is 0.615. The van der Waals surface area contributed by atoms with Crippen molar-refractivity contribution in [2.24, 2.45) is 0 Å². The maximum absolute atomic E-state index is 11.8. The summed E-state index contributed by atoms with van der Waals surface area (Å²) < 4.78 is 15.4. The molecule has 6 nitrogen and oxygen atoms in total. The van der Waals surface area contributed by atoms with Crippen LogP contribution in [0, 0.1) is 0 Å². The van der Waals surface area contributed by atoms with Gasteiger partial charge in [-0.25, -0.2) is 4.79 Å². The maximum Gasteiger partial charge on any atom is 0.331 e. The van der Waals surface area contributed by atoms with Crippen molar-refractivity contribution in [3.8, 4) is 11.5 Å². The maximum atomic E-state index is 11.8. The lowest BCUT2D eigenvalue weighted by Gasteiger charge is -2.14. The lowest BCUT2D eigenvalue weighted by atomic mass is 10.2. The van der Waals surface area contributed by atoms with Gasteiger partial charge in [0, 0.05) is 18.2 Å². The second-order valence-corrected chi connectivity index (χ2v) is 5.22. The number of benzene rings is 1. The molecule has 0 spiro atoms. The predicted molar refractivity (Wildman–Crippen MR) is 87.4 cm³/mol. The molecule has 1 atom stereocenters. The van der Waals surface area contributed by atoms with Crippen LogP contribution in [0.15, 0.2) is 24.3 Å². The lowest BCUT2D eigenvalue weighted by Crippen LogP contribution is -2.39. The van der Waals surface area contributed by atoms with E-state index in [1.165, 1.54) is 13.0 Å². The SMILES string of the molecule is COc1cc(/C=C/C(=O)O[C@H](C)C(=O)NC(C)C)cc(OC)c1. The van der Waals surface area contributed by atoms with Crippen molar-refractivity contribution >= 4 is 18.0 Å². The van der Waals surface area contributed by atoms with E-state index < -0.39 is 12.1 Å². The normalized spacial score (nSPS) is 12.1. The average molecular weight is 321 g/mol. The summed E-state index contributed by atoms with van der Waals surface area (Å²) >= 11 is 0. The van der Waals surface area contributed by atoms with Crippen LogP contribution in [0.3, 0.4) is 0 Å². The molecule has 1 aromatic carbocycles. The fraction of sp³-hybridized carbons (Fsp3) is 0.412. The minimum Gasteiger partial charge on any atom is -0.497 e. The van der Waals surface area contributed by atoms with Crippen LogP contribution in [-0.4, -0.2) is 38.2 Å². The predicted octanol–water partition coefficient (Wildman–Crippen LogP) is 2.17. The van der Waals surface area contributed by atoms with E-state index in [0.717, 1.165) is 5.56 Å². The van der Waals surface area contributed by atoms with Crippen LogP contribution in [0.4, 0.5) is 0 Å². The van der Waals surface area contributed by atoms with Gasteiger partial charge in [0.2, 0.25) is 0 Å². The van der Waals surface area contributed by atoms with E-state index in [-0.39, 0.29) is 11.9 Å². The highest BCUT2D eigenvalue weighted by Crippen LogP contribution is 2.23. The van der Waals surface area contributed by atoms with Crippen molar-refractivity contribution in [1.29, 1.82) is 0 Å². The van der Waals surface area contributed by atoms with E-state index in [0.29, 0.717) is 11.5 Å². The minimum absolute atomic E-state index is 0.0107. The molecule has 0 bridgehead atoms. The third-order valence-corrected chi connectivity index (χ3v) is 2.88. The van der Waals surface area contributed by atoms with Gasteiger partial charge in [0.15, 0.2) is 6.10 Å². The molecule has 0 saturated carbocycles. The molecule has 23 heavy (non-hydrogen) atoms. The van der Waals surface area contributed by atoms with Crippen molar-refractivity contribution in [3.05, 3.63) is 29.8 Å². The number of amides is 1. The topological polar surface area (TPSA) is 73.9 Å². The smallest absolute Gasteiger partial charge is 0.331 e. The molecule has 1 N–H and O–H groups in total. The Kier molecular flexibility index (Phi) is 7.12. The van der Waals surface area contributed by atoms with Gasteiger partial charge in [-0.1, -0.05) is 0 Å². The summed E-state index contributed by atoms with van der Waals surface area (Å²) in [7, 11) is 3.09. The van der Waals surface area contributed by atoms with Crippen LogP contribution in [0.2, 0.25) is 0 Å². The summed E-state index contributed by atoms with van der Waals surface area (Å²) in [5.41, 5.74) is 0.720. The molecule has 0 saturated heterocycles. The molecule has 0 aromatic heterocycles. The van der Waals surface area contributed by atoms with Crippen LogP contribution < -0.4 is 14.8 Å². The number of ether oxygens (including phenoxy) is 3. The zero-order valence-corrected chi connectivity index (χ0v) is 14.1. The summed E-state index contributed by atoms with van der Waals surface area (Å²) in [6, 6.07) is 5.22. The molecule has 6 heteroatoms. The van der Waals surface area contributed by atoms with Gasteiger partial charge in [-0.2, -0.15) is 0 Å². The first-order chi connectivity index (χ1) is 10.8. The van der Waals surface area contributed by atoms with Gasteiger partial charge in [-0.3, -0.25) is 4.79 Å². The van der Waals surface area contributed by atoms with Crippen molar-refractivity contribution < 1.29 is 23.8 Å². The van der Waals surface area contributed by atoms with Crippen LogP contribution in [-0.2, 0) is 14.3 Å². The minimum atomic E-state index is -0.852. The third-order valence-electron chi connectivity index (χ3n) is 2.88. The van der Waals surface area contributed by atoms with E-state index in [1.807, 2.05) is 13.8 Å². The molecule has 0 aliphatic carbocycles. The summed E-state index contributed by atoms with van der Waals surface area (Å²) in [4.78, 5) is 23.5. The number of carbonyl (C=O) groups excluding carboxylic acids is 2. The highest BCUT2D eigenvalue weighted by atomic mass is 16.5. The molecule has 0 fully saturated rings. The van der Waals surface area contributed by atoms with E-state index in [2.05, 4.69) is 5.32 Å². The Morgan fingerprint density at radius 1 is 1.04 bits per heavy atom. The standard InChI is InChI=1S/C17H23NO5/c1-11(2)18-17(20)12(3)23-16(19)7-6-13-8-14(21-4)10-15(9-13)22-5/h6-12H,1-5H3,(H,18,20)/b7-6+/t12-/m1/s1. The number of esters is 1. The van der Waals surface area contributed by atoms with Crippen LogP contribution in [0.1, 0.15) is 26.3 Å². The van der Waals surface area contributed by atoms with Crippen molar-refractivity contribution in [1.82, 2.24) is 5.32 Å². The summed E-state index contributed by atoms with van der Waals surface area (Å²) in [5.74, 6) is 0.298. The van der Waals surface area contributed by atoms with Gasteiger partial charge in [0.25, 0.3) is 5.91 Å². The summed E-state index contributed by atoms with van der Waals surface area (Å²) in [6.07, 6.45) is 1.97. The van der Waals surface area contributed by atoms with Gasteiger partial charge in [0.05, 0.1) is 14.2 Å². The van der Waals surface area contributed by atoms with E-state index >= 15 is 0 Å². The molecule has 0 unspecified atom stereocenters. The average Bonchev–Trinajstić information content (AvgIpc) is 2.51. The highest BCUT2D eigenvalue weighted by molar-refractivity contribution is 5.90. The van der Waals surface area contributed by atoms with Crippen molar-refractivity contribution in [2.45, 2.75) is 32.9 Å². The molecule has 0 heterocycles. The molecule has 0 radical (unpaired) electrons. The summed E-state index contributed by atoms with van der Waals surface area (Å²) in [6.45, 7) is 5.20. The Morgan fingerprint density at radius 3 is 2.09 bits per heavy atom. The third kappa shape index (κ3) is 6.42. The first-order valence-corrected chi connectivity index (χ1v) is 7.27. The number of nitrogens with one attached hydrogen (secondary N) is 1. The van der Waals surface area contributed by atoms with Crippen molar-refractivity contribution in [2.75, 3.05) is 14.2 Å². The first kappa shape index (κ1) is 18.5. The Labute approximate surface area is 136 Å². The van der Waals surface area contributed by atoms with Crippen molar-refractivity contribution in [3.63, 3.8) is 0 Å². The number of rotatable bonds is 7. The number of hydrogen-bond donors (Lipinski definition) is 1. The van der Waals surface area contributed by atoms with Gasteiger partial charge in [0.1, 0.15) is 11.5 Å². The molecule has 1 amide bonds. The molecular weight excluding hydrogens is 298 g/mol. The second-order valence-electron chi connectivity index (χ2n) is 5.22. The Balaban J connectivity index is 2.70. The monoisotopic (exact) mass is 321 g/mol. The van der Waals surface area contributed by atoms with E-state index in [9.17, 15) is 9.59 Å². The van der Waals surface area contributed by atoms with Crippen LogP contribution in [0.5, 0.6) is 11.5 Å². The number of carbonyl (C=O) groups is 2. The molecule has 0 aliphatic heterocycles. The van der Waals surface area contributed by atoms with Gasteiger partial charge >= 0.3 is 5.97 Å². The molecular formula is C17H23NO5. The first-order valence-electron chi connectivity index (χ1n) is 7.27. The Bertz CT molecular complexity index is 558. The zero-order valence-electron chi connectivity index (χ0n) is 14.1. The molecule has 1 rings (SSSR count). The second kappa shape index (κ2) is 8.82. The lowest BCUT2D eigenvalue weighted by molar-refractivity contribution is -0.150. The van der Waals surface area contributed by atoms with Gasteiger partial charge in [-0.05, 0) is 44.5 Å². The zero-order chi connectivity index (χ0) is 17.4. The fourth-order valence-corrected chi connectivity index (χ4v) is 1.76. The molecule has 0 aliphatic rings. The number of hydrogen-bond acceptors (Lipinski definition) is 5. The molecule has 126 valence electrons. The Morgan fingerprint density at radius 2 is 1.61 bits per heavy atom. The fourth-order valence-electron chi connectivity index (χ4n) is 1.76. The Hall–Kier alpha value is -2.50. The largest absolute Gasteiger partial charge is 0.497 e. The van der Waals surface area contributed by atoms with Gasteiger partial charge < -0.3 is 19.5 Å². The van der Waals surface area contributed by atoms with Gasteiger partial charge in [-0.15, -0.1) is 0 Å². The van der Waals surface area contributed by atoms with E-state index in [1.54, 1.807) is 38.5 Å². The van der Waals surface area contributed by atoms with Crippen LogP contribution in [0.25, 0.3) is 6.08 Å². The number of methoxy groups -OCH3 is 2. The van der Waals surface area contributed by atoms with E-state index in [4.69, 9.17) is 14.2 Å². The van der Waals surface area contributed by atoms with Crippen LogP contribution >= 0.6 is 0 Å². The highest BCUT2D eigenvalue weighted by Gasteiger charge is 2.16. The summed E-state index contributed by atoms with van der Waals surface area (Å²) in [5, 5.41) is 2.68.